The molecule has 0 radical (unpaired) electrons. The predicted molar refractivity (Wildman–Crippen MR) is 63.0 cm³/mol. The lowest BCUT2D eigenvalue weighted by Gasteiger charge is -2.33. The van der Waals surface area contributed by atoms with E-state index in [0.29, 0.717) is 11.5 Å². The molecule has 2 aliphatic rings. The predicted octanol–water partition coefficient (Wildman–Crippen LogP) is 2.58. The Morgan fingerprint density at radius 2 is 2.13 bits per heavy atom. The van der Waals surface area contributed by atoms with Gasteiger partial charge in [-0.3, -0.25) is 0 Å². The van der Waals surface area contributed by atoms with Gasteiger partial charge in [0.05, 0.1) is 6.10 Å². The third kappa shape index (κ3) is 2.36. The molecule has 2 atom stereocenters. The van der Waals surface area contributed by atoms with Crippen LogP contribution in [-0.2, 0) is 4.74 Å². The van der Waals surface area contributed by atoms with Gasteiger partial charge >= 0.3 is 0 Å². The van der Waals surface area contributed by atoms with Gasteiger partial charge < -0.3 is 10.1 Å². The third-order valence-corrected chi connectivity index (χ3v) is 4.16. The molecule has 2 fully saturated rings. The first-order chi connectivity index (χ1) is 7.32. The van der Waals surface area contributed by atoms with Crippen molar-refractivity contribution in [2.45, 2.75) is 52.1 Å². The summed E-state index contributed by atoms with van der Waals surface area (Å²) in [6.07, 6.45) is 7.13. The first-order valence-corrected chi connectivity index (χ1v) is 6.64. The molecule has 0 bridgehead atoms. The molecule has 0 aromatic carbocycles. The first kappa shape index (κ1) is 11.4. The maximum atomic E-state index is 5.97. The van der Waals surface area contributed by atoms with Crippen molar-refractivity contribution in [2.75, 3.05) is 19.7 Å². The maximum absolute atomic E-state index is 5.97. The molecule has 15 heavy (non-hydrogen) atoms. The smallest absolute Gasteiger partial charge is 0.0672 e. The van der Waals surface area contributed by atoms with Gasteiger partial charge in [-0.15, -0.1) is 0 Å². The molecule has 1 aliphatic heterocycles. The minimum atomic E-state index is 0.455. The number of ether oxygens (including phenoxy) is 1. The summed E-state index contributed by atoms with van der Waals surface area (Å²) >= 11 is 0. The molecule has 1 N–H and O–H groups in total. The zero-order valence-electron chi connectivity index (χ0n) is 10.2. The summed E-state index contributed by atoms with van der Waals surface area (Å²) < 4.78 is 5.97. The lowest BCUT2D eigenvalue weighted by atomic mass is 9.76. The van der Waals surface area contributed by atoms with E-state index in [1.54, 1.807) is 0 Å². The highest BCUT2D eigenvalue weighted by Crippen LogP contribution is 2.49. The zero-order valence-corrected chi connectivity index (χ0v) is 10.2. The molecule has 2 heteroatoms. The van der Waals surface area contributed by atoms with Crippen LogP contribution in [0, 0.1) is 11.3 Å². The third-order valence-electron chi connectivity index (χ3n) is 4.16. The summed E-state index contributed by atoms with van der Waals surface area (Å²) in [5, 5.41) is 3.60. The molecular formula is C13H25NO. The average Bonchev–Trinajstić information content (AvgIpc) is 3.01. The van der Waals surface area contributed by atoms with Gasteiger partial charge in [-0.05, 0) is 44.6 Å². The van der Waals surface area contributed by atoms with Gasteiger partial charge in [0, 0.05) is 18.6 Å². The van der Waals surface area contributed by atoms with Gasteiger partial charge in [-0.25, -0.2) is 0 Å². The second-order valence-corrected chi connectivity index (χ2v) is 5.27. The Kier molecular flexibility index (Phi) is 3.68. The summed E-state index contributed by atoms with van der Waals surface area (Å²) in [6.45, 7) is 7.87. The van der Waals surface area contributed by atoms with Crippen LogP contribution in [0.3, 0.4) is 0 Å². The van der Waals surface area contributed by atoms with Crippen molar-refractivity contribution in [3.8, 4) is 0 Å². The largest absolute Gasteiger partial charge is 0.377 e. The van der Waals surface area contributed by atoms with Crippen molar-refractivity contribution < 1.29 is 4.74 Å². The molecule has 1 saturated carbocycles. The van der Waals surface area contributed by atoms with Crippen LogP contribution in [0.4, 0.5) is 0 Å². The molecule has 0 aromatic heterocycles. The molecule has 1 aliphatic carbocycles. The van der Waals surface area contributed by atoms with Crippen LogP contribution in [0.5, 0.6) is 0 Å². The van der Waals surface area contributed by atoms with E-state index in [9.17, 15) is 0 Å². The van der Waals surface area contributed by atoms with Crippen molar-refractivity contribution in [3.63, 3.8) is 0 Å². The van der Waals surface area contributed by atoms with Gasteiger partial charge in [-0.2, -0.15) is 0 Å². The van der Waals surface area contributed by atoms with Crippen molar-refractivity contribution in [3.05, 3.63) is 0 Å². The van der Waals surface area contributed by atoms with E-state index in [-0.39, 0.29) is 0 Å². The monoisotopic (exact) mass is 211 g/mol. The van der Waals surface area contributed by atoms with Crippen molar-refractivity contribution in [1.29, 1.82) is 0 Å². The summed E-state index contributed by atoms with van der Waals surface area (Å²) in [5.74, 6) is 0.885. The van der Waals surface area contributed by atoms with E-state index in [1.807, 2.05) is 0 Å². The van der Waals surface area contributed by atoms with Crippen molar-refractivity contribution in [1.82, 2.24) is 5.32 Å². The minimum Gasteiger partial charge on any atom is -0.377 e. The van der Waals surface area contributed by atoms with Crippen LogP contribution < -0.4 is 5.32 Å². The SMILES string of the molecule is CCCNCC1(CC)CCOC1C1CC1. The Balaban J connectivity index is 1.92. The highest BCUT2D eigenvalue weighted by molar-refractivity contribution is 4.99. The first-order valence-electron chi connectivity index (χ1n) is 6.64. The van der Waals surface area contributed by atoms with E-state index >= 15 is 0 Å². The molecule has 0 aromatic rings. The summed E-state index contributed by atoms with van der Waals surface area (Å²) in [7, 11) is 0. The Bertz CT molecular complexity index is 203. The fraction of sp³-hybridized carbons (Fsp3) is 1.00. The van der Waals surface area contributed by atoms with Gasteiger partial charge in [0.15, 0.2) is 0 Å². The minimum absolute atomic E-state index is 0.455. The quantitative estimate of drug-likeness (QED) is 0.682. The van der Waals surface area contributed by atoms with E-state index in [0.717, 1.165) is 19.1 Å². The standard InChI is InChI=1S/C13H25NO/c1-3-8-14-10-13(4-2)7-9-15-12(13)11-5-6-11/h11-12,14H,3-10H2,1-2H3. The maximum Gasteiger partial charge on any atom is 0.0672 e. The van der Waals surface area contributed by atoms with Crippen LogP contribution in [0.15, 0.2) is 0 Å². The van der Waals surface area contributed by atoms with E-state index in [1.165, 1.54) is 38.6 Å². The van der Waals surface area contributed by atoms with Gasteiger partial charge in [-0.1, -0.05) is 13.8 Å². The number of nitrogens with one attached hydrogen (secondary N) is 1. The normalized spacial score (nSPS) is 36.0. The molecular weight excluding hydrogens is 186 g/mol. The number of hydrogen-bond acceptors (Lipinski definition) is 2. The number of hydrogen-bond donors (Lipinski definition) is 1. The van der Waals surface area contributed by atoms with Crippen LogP contribution >= 0.6 is 0 Å². The van der Waals surface area contributed by atoms with Gasteiger partial charge in [0.2, 0.25) is 0 Å². The fourth-order valence-corrected chi connectivity index (χ4v) is 2.95. The van der Waals surface area contributed by atoms with Crippen LogP contribution in [0.2, 0.25) is 0 Å². The molecule has 88 valence electrons. The molecule has 2 nitrogen and oxygen atoms in total. The Hall–Kier alpha value is -0.0800. The number of rotatable bonds is 6. The van der Waals surface area contributed by atoms with E-state index < -0.39 is 0 Å². The highest BCUT2D eigenvalue weighted by atomic mass is 16.5. The lowest BCUT2D eigenvalue weighted by molar-refractivity contribution is 0.0289. The van der Waals surface area contributed by atoms with Crippen molar-refractivity contribution >= 4 is 0 Å². The summed E-state index contributed by atoms with van der Waals surface area (Å²) in [5.41, 5.74) is 0.455. The molecule has 1 heterocycles. The molecule has 2 rings (SSSR count). The zero-order chi connectivity index (χ0) is 10.7. The molecule has 0 amide bonds. The molecule has 0 spiro atoms. The summed E-state index contributed by atoms with van der Waals surface area (Å²) in [4.78, 5) is 0. The van der Waals surface area contributed by atoms with E-state index in [2.05, 4.69) is 19.2 Å². The second kappa shape index (κ2) is 4.84. The fourth-order valence-electron chi connectivity index (χ4n) is 2.95. The Morgan fingerprint density at radius 1 is 1.33 bits per heavy atom. The molecule has 1 saturated heterocycles. The van der Waals surface area contributed by atoms with Gasteiger partial charge in [0.25, 0.3) is 0 Å². The Labute approximate surface area is 93.8 Å². The lowest BCUT2D eigenvalue weighted by Crippen LogP contribution is -2.41. The van der Waals surface area contributed by atoms with Crippen LogP contribution in [0.25, 0.3) is 0 Å². The highest BCUT2D eigenvalue weighted by Gasteiger charge is 2.49. The topological polar surface area (TPSA) is 21.3 Å². The van der Waals surface area contributed by atoms with E-state index in [4.69, 9.17) is 4.74 Å². The van der Waals surface area contributed by atoms with Crippen molar-refractivity contribution in [2.24, 2.45) is 11.3 Å². The average molecular weight is 211 g/mol. The molecule has 2 unspecified atom stereocenters. The van der Waals surface area contributed by atoms with Crippen LogP contribution in [0.1, 0.15) is 46.0 Å². The van der Waals surface area contributed by atoms with Gasteiger partial charge in [0.1, 0.15) is 0 Å². The Morgan fingerprint density at radius 3 is 2.73 bits per heavy atom. The second-order valence-electron chi connectivity index (χ2n) is 5.27. The van der Waals surface area contributed by atoms with Crippen LogP contribution in [-0.4, -0.2) is 25.8 Å². The summed E-state index contributed by atoms with van der Waals surface area (Å²) in [6, 6.07) is 0.